The normalized spacial score (nSPS) is 20.2. The second-order valence-electron chi connectivity index (χ2n) is 13.4. The van der Waals surface area contributed by atoms with Crippen molar-refractivity contribution < 1.29 is 8.98 Å². The zero-order valence-electron chi connectivity index (χ0n) is 26.4. The highest BCUT2D eigenvalue weighted by Crippen LogP contribution is 2.52. The Kier molecular flexibility index (Phi) is 6.00. The van der Waals surface area contributed by atoms with Gasteiger partial charge in [-0.15, -0.1) is 0 Å². The fourth-order valence-electron chi connectivity index (χ4n) is 7.99. The maximum Gasteiger partial charge on any atom is 0.295 e. The van der Waals surface area contributed by atoms with E-state index in [1.807, 2.05) is 0 Å². The van der Waals surface area contributed by atoms with Gasteiger partial charge < -0.3 is 4.42 Å². The van der Waals surface area contributed by atoms with Crippen molar-refractivity contribution >= 4 is 33.0 Å². The monoisotopic (exact) mass is 555 g/mol. The first-order valence-corrected chi connectivity index (χ1v) is 15.8. The van der Waals surface area contributed by atoms with E-state index in [2.05, 4.69) is 143 Å². The average molecular weight is 556 g/mol. The van der Waals surface area contributed by atoms with E-state index in [1.54, 1.807) is 0 Å². The third-order valence-electron chi connectivity index (χ3n) is 10.8. The molecule has 3 heteroatoms. The van der Waals surface area contributed by atoms with Gasteiger partial charge in [0.05, 0.1) is 10.9 Å². The van der Waals surface area contributed by atoms with Crippen LogP contribution in [0.5, 0.6) is 0 Å². The van der Waals surface area contributed by atoms with Crippen molar-refractivity contribution in [2.24, 2.45) is 0 Å². The van der Waals surface area contributed by atoms with Crippen LogP contribution in [0.15, 0.2) is 83.3 Å². The minimum absolute atomic E-state index is 0.0228. The van der Waals surface area contributed by atoms with Crippen molar-refractivity contribution in [3.63, 3.8) is 0 Å². The van der Waals surface area contributed by atoms with Crippen LogP contribution in [0.2, 0.25) is 0 Å². The molecule has 1 aliphatic rings. The molecule has 4 aromatic carbocycles. The second-order valence-corrected chi connectivity index (χ2v) is 13.4. The van der Waals surface area contributed by atoms with Gasteiger partial charge in [0.25, 0.3) is 5.82 Å². The van der Waals surface area contributed by atoms with E-state index in [4.69, 9.17) is 4.42 Å². The van der Waals surface area contributed by atoms with Gasteiger partial charge >= 0.3 is 0 Å². The van der Waals surface area contributed by atoms with Crippen LogP contribution in [-0.4, -0.2) is 4.57 Å². The highest BCUT2D eigenvalue weighted by Gasteiger charge is 2.56. The van der Waals surface area contributed by atoms with Gasteiger partial charge in [-0.25, -0.2) is 4.57 Å². The quantitative estimate of drug-likeness (QED) is 0.194. The lowest BCUT2D eigenvalue weighted by Crippen LogP contribution is -2.67. The lowest BCUT2D eigenvalue weighted by Gasteiger charge is -2.47. The third-order valence-corrected chi connectivity index (χ3v) is 10.8. The Morgan fingerprint density at radius 2 is 1.45 bits per heavy atom. The zero-order valence-corrected chi connectivity index (χ0v) is 26.4. The van der Waals surface area contributed by atoms with Crippen LogP contribution in [0.25, 0.3) is 50.0 Å². The third kappa shape index (κ3) is 3.31. The molecule has 214 valence electrons. The predicted molar refractivity (Wildman–Crippen MR) is 176 cm³/mol. The van der Waals surface area contributed by atoms with E-state index < -0.39 is 0 Å². The van der Waals surface area contributed by atoms with Gasteiger partial charge in [-0.2, -0.15) is 4.57 Å². The van der Waals surface area contributed by atoms with Gasteiger partial charge in [0, 0.05) is 16.4 Å². The van der Waals surface area contributed by atoms with Crippen molar-refractivity contribution in [2.75, 3.05) is 0 Å². The van der Waals surface area contributed by atoms with Gasteiger partial charge in [0.1, 0.15) is 22.4 Å². The molecule has 0 fully saturated rings. The number of furan rings is 1. The number of hydrogen-bond acceptors (Lipinski definition) is 1. The molecule has 0 N–H and O–H groups in total. The maximum absolute atomic E-state index is 6.74. The van der Waals surface area contributed by atoms with Crippen molar-refractivity contribution in [1.29, 1.82) is 0 Å². The Hall–Kier alpha value is -3.85. The standard InChI is InChI=1S/C39H43N2O/c1-9-38(7)30-19-13-11-17-26(30)37-40(31-20-14-15-21-32(31)41(37)39(38,8)10-2)35-28(24(3)4)23-29(25(5)6)36-34(35)27-18-12-16-22-33(27)42-36/h11-25H,9-10H2,1-8H3/q+1. The number of benzene rings is 4. The molecule has 0 spiro atoms. The largest absolute Gasteiger partial charge is 0.456 e. The lowest BCUT2D eigenvalue weighted by atomic mass is 9.61. The van der Waals surface area contributed by atoms with Crippen LogP contribution in [0.1, 0.15) is 96.8 Å². The summed E-state index contributed by atoms with van der Waals surface area (Å²) in [5.41, 5.74) is 11.0. The lowest BCUT2D eigenvalue weighted by molar-refractivity contribution is -0.743. The van der Waals surface area contributed by atoms with E-state index in [1.165, 1.54) is 55.6 Å². The second kappa shape index (κ2) is 9.33. The van der Waals surface area contributed by atoms with Gasteiger partial charge in [-0.05, 0) is 73.1 Å². The zero-order chi connectivity index (χ0) is 29.6. The molecule has 0 saturated carbocycles. The Morgan fingerprint density at radius 1 is 0.786 bits per heavy atom. The van der Waals surface area contributed by atoms with Crippen molar-refractivity contribution in [3.8, 4) is 17.1 Å². The molecule has 42 heavy (non-hydrogen) atoms. The molecule has 0 aliphatic carbocycles. The highest BCUT2D eigenvalue weighted by atomic mass is 16.3. The van der Waals surface area contributed by atoms with Crippen LogP contribution >= 0.6 is 0 Å². The Morgan fingerprint density at radius 3 is 2.17 bits per heavy atom. The van der Waals surface area contributed by atoms with Crippen LogP contribution in [0, 0.1) is 0 Å². The average Bonchev–Trinajstić information content (AvgIpc) is 3.56. The first-order chi connectivity index (χ1) is 20.2. The molecule has 2 unspecified atom stereocenters. The molecule has 3 nitrogen and oxygen atoms in total. The van der Waals surface area contributed by atoms with Crippen molar-refractivity contribution in [3.05, 3.63) is 95.6 Å². The number of para-hydroxylation sites is 3. The fraction of sp³-hybridized carbons (Fsp3) is 0.359. The van der Waals surface area contributed by atoms with Crippen molar-refractivity contribution in [2.45, 2.75) is 91.0 Å². The summed E-state index contributed by atoms with van der Waals surface area (Å²) in [7, 11) is 0. The summed E-state index contributed by atoms with van der Waals surface area (Å²) in [4.78, 5) is 0. The smallest absolute Gasteiger partial charge is 0.295 e. The molecule has 0 radical (unpaired) electrons. The number of fused-ring (bicyclic) bond motifs is 8. The molecule has 2 aromatic heterocycles. The van der Waals surface area contributed by atoms with E-state index >= 15 is 0 Å². The van der Waals surface area contributed by atoms with Gasteiger partial charge in [-0.3, -0.25) is 0 Å². The van der Waals surface area contributed by atoms with Gasteiger partial charge in [-0.1, -0.05) is 97.0 Å². The summed E-state index contributed by atoms with van der Waals surface area (Å²) in [6.45, 7) is 18.9. The fourth-order valence-corrected chi connectivity index (χ4v) is 7.99. The summed E-state index contributed by atoms with van der Waals surface area (Å²) >= 11 is 0. The number of nitrogens with zero attached hydrogens (tertiary/aromatic N) is 2. The van der Waals surface area contributed by atoms with E-state index in [0.29, 0.717) is 11.8 Å². The molecule has 3 heterocycles. The van der Waals surface area contributed by atoms with Crippen molar-refractivity contribution in [1.82, 2.24) is 4.57 Å². The molecular weight excluding hydrogens is 512 g/mol. The van der Waals surface area contributed by atoms with E-state index in [0.717, 1.165) is 24.0 Å². The first-order valence-electron chi connectivity index (χ1n) is 15.8. The predicted octanol–water partition coefficient (Wildman–Crippen LogP) is 10.5. The first kappa shape index (κ1) is 27.0. The minimum Gasteiger partial charge on any atom is -0.456 e. The summed E-state index contributed by atoms with van der Waals surface area (Å²) in [6, 6.07) is 29.2. The molecule has 0 bridgehead atoms. The SMILES string of the molecule is CCC1(C)c2ccccc2-c2n(-c3c(C(C)C)cc(C(C)C)c4oc5ccccc5c34)c3ccccc3[n+]2C1(C)CC. The molecule has 2 atom stereocenters. The Labute approximate surface area is 249 Å². The van der Waals surface area contributed by atoms with Crippen LogP contribution in [0.4, 0.5) is 0 Å². The molecule has 6 aromatic rings. The van der Waals surface area contributed by atoms with E-state index in [9.17, 15) is 0 Å². The number of imidazole rings is 1. The molecule has 0 saturated heterocycles. The summed E-state index contributed by atoms with van der Waals surface area (Å²) in [6.07, 6.45) is 2.10. The van der Waals surface area contributed by atoms with Gasteiger partial charge in [0.2, 0.25) is 0 Å². The number of hydrogen-bond donors (Lipinski definition) is 0. The van der Waals surface area contributed by atoms with E-state index in [-0.39, 0.29) is 11.0 Å². The molecular formula is C39H43N2O+. The number of aromatic nitrogens is 2. The van der Waals surface area contributed by atoms with Gasteiger partial charge in [0.15, 0.2) is 11.0 Å². The molecule has 1 aliphatic heterocycles. The maximum atomic E-state index is 6.74. The minimum atomic E-state index is -0.121. The molecule has 7 rings (SSSR count). The summed E-state index contributed by atoms with van der Waals surface area (Å²) in [5.74, 6) is 1.95. The Bertz CT molecular complexity index is 2000. The van der Waals surface area contributed by atoms with Crippen LogP contribution < -0.4 is 4.57 Å². The summed E-state index contributed by atoms with van der Waals surface area (Å²) < 4.78 is 12.0. The molecule has 0 amide bonds. The van der Waals surface area contributed by atoms with Crippen LogP contribution in [0.3, 0.4) is 0 Å². The summed E-state index contributed by atoms with van der Waals surface area (Å²) in [5, 5.41) is 2.41. The Balaban J connectivity index is 1.78. The highest BCUT2D eigenvalue weighted by molar-refractivity contribution is 6.12. The number of rotatable bonds is 5. The topological polar surface area (TPSA) is 21.9 Å². The van der Waals surface area contributed by atoms with Crippen LogP contribution in [-0.2, 0) is 11.0 Å².